The lowest BCUT2D eigenvalue weighted by molar-refractivity contribution is 0.0933. The van der Waals surface area contributed by atoms with Crippen LogP contribution in [0.4, 0.5) is 0 Å². The number of benzene rings is 3. The Morgan fingerprint density at radius 2 is 1.73 bits per heavy atom. The maximum absolute atomic E-state index is 13.1. The predicted octanol–water partition coefficient (Wildman–Crippen LogP) is 4.88. The number of hydrogen-bond donors (Lipinski definition) is 1. The highest BCUT2D eigenvalue weighted by atomic mass is 16.5. The number of fused-ring (bicyclic) bond motifs is 1. The third-order valence-corrected chi connectivity index (χ3v) is 5.93. The van der Waals surface area contributed by atoms with Crippen molar-refractivity contribution in [2.45, 2.75) is 26.3 Å². The van der Waals surface area contributed by atoms with Crippen molar-refractivity contribution in [2.75, 3.05) is 26.2 Å². The van der Waals surface area contributed by atoms with E-state index in [1.54, 1.807) is 0 Å². The first kappa shape index (κ1) is 20.4. The Morgan fingerprint density at radius 1 is 1.00 bits per heavy atom. The van der Waals surface area contributed by atoms with Crippen molar-refractivity contribution in [1.82, 2.24) is 10.2 Å². The number of carbonyl (C=O) groups excluding carboxylic acids is 1. The maximum atomic E-state index is 13.1. The molecule has 0 aromatic heterocycles. The molecule has 4 rings (SSSR count). The molecule has 4 nitrogen and oxygen atoms in total. The number of piperidine rings is 1. The first-order valence-electron chi connectivity index (χ1n) is 10.9. The molecular weight excluding hydrogens is 372 g/mol. The minimum Gasteiger partial charge on any atom is -0.493 e. The monoisotopic (exact) mass is 402 g/mol. The number of nitrogens with zero attached hydrogens (tertiary/aromatic N) is 1. The van der Waals surface area contributed by atoms with Gasteiger partial charge in [0.15, 0.2) is 0 Å². The summed E-state index contributed by atoms with van der Waals surface area (Å²) in [4.78, 5) is 15.6. The van der Waals surface area contributed by atoms with Crippen LogP contribution in [-0.4, -0.2) is 37.0 Å². The van der Waals surface area contributed by atoms with Crippen LogP contribution in [0.1, 0.15) is 35.7 Å². The van der Waals surface area contributed by atoms with Gasteiger partial charge in [-0.1, -0.05) is 60.7 Å². The molecule has 1 aliphatic heterocycles. The predicted molar refractivity (Wildman–Crippen MR) is 122 cm³/mol. The summed E-state index contributed by atoms with van der Waals surface area (Å²) in [5.41, 5.74) is 2.01. The quantitative estimate of drug-likeness (QED) is 0.612. The molecule has 0 atom stereocenters. The summed E-state index contributed by atoms with van der Waals surface area (Å²) in [6, 6.07) is 22.5. The number of carbonyl (C=O) groups is 1. The number of ether oxygens (including phenoxy) is 1. The SMILES string of the molecule is CCOc1ccc2ccccc2c1C(=O)NCC1CCN(Cc2ccccc2)CC1. The van der Waals surface area contributed by atoms with Crippen LogP contribution in [0.25, 0.3) is 10.8 Å². The number of hydrogen-bond acceptors (Lipinski definition) is 3. The van der Waals surface area contributed by atoms with E-state index in [0.29, 0.717) is 30.4 Å². The van der Waals surface area contributed by atoms with E-state index in [2.05, 4.69) is 40.5 Å². The normalized spacial score (nSPS) is 15.2. The molecule has 0 spiro atoms. The molecule has 4 heteroatoms. The molecule has 1 heterocycles. The fraction of sp³-hybridized carbons (Fsp3) is 0.346. The summed E-state index contributed by atoms with van der Waals surface area (Å²) in [6.07, 6.45) is 2.22. The van der Waals surface area contributed by atoms with E-state index in [4.69, 9.17) is 4.74 Å². The topological polar surface area (TPSA) is 41.6 Å². The summed E-state index contributed by atoms with van der Waals surface area (Å²) in [7, 11) is 0. The Balaban J connectivity index is 1.36. The Kier molecular flexibility index (Phi) is 6.65. The van der Waals surface area contributed by atoms with E-state index in [-0.39, 0.29) is 5.91 Å². The van der Waals surface area contributed by atoms with Gasteiger partial charge in [0.25, 0.3) is 5.91 Å². The molecular formula is C26H30N2O2. The number of rotatable bonds is 7. The number of likely N-dealkylation sites (tertiary alicyclic amines) is 1. The lowest BCUT2D eigenvalue weighted by Gasteiger charge is -2.32. The van der Waals surface area contributed by atoms with Gasteiger partial charge in [-0.2, -0.15) is 0 Å². The number of amides is 1. The van der Waals surface area contributed by atoms with Crippen LogP contribution in [0, 0.1) is 5.92 Å². The van der Waals surface area contributed by atoms with Crippen molar-refractivity contribution in [3.05, 3.63) is 77.9 Å². The molecule has 0 radical (unpaired) electrons. The molecule has 0 aliphatic carbocycles. The maximum Gasteiger partial charge on any atom is 0.255 e. The van der Waals surface area contributed by atoms with Gasteiger partial charge in [-0.25, -0.2) is 0 Å². The Labute approximate surface area is 178 Å². The summed E-state index contributed by atoms with van der Waals surface area (Å²) in [5.74, 6) is 1.14. The van der Waals surface area contributed by atoms with E-state index in [1.807, 2.05) is 43.3 Å². The summed E-state index contributed by atoms with van der Waals surface area (Å²) < 4.78 is 5.76. The van der Waals surface area contributed by atoms with E-state index in [9.17, 15) is 4.79 Å². The largest absolute Gasteiger partial charge is 0.493 e. The van der Waals surface area contributed by atoms with E-state index in [0.717, 1.165) is 43.2 Å². The van der Waals surface area contributed by atoms with Crippen LogP contribution in [0.5, 0.6) is 5.75 Å². The van der Waals surface area contributed by atoms with E-state index >= 15 is 0 Å². The van der Waals surface area contributed by atoms with E-state index < -0.39 is 0 Å². The van der Waals surface area contributed by atoms with Crippen LogP contribution < -0.4 is 10.1 Å². The molecule has 1 fully saturated rings. The van der Waals surface area contributed by atoms with Crippen LogP contribution >= 0.6 is 0 Å². The van der Waals surface area contributed by atoms with Crippen LogP contribution in [0.3, 0.4) is 0 Å². The van der Waals surface area contributed by atoms with Gasteiger partial charge in [0.1, 0.15) is 5.75 Å². The highest BCUT2D eigenvalue weighted by molar-refractivity contribution is 6.09. The van der Waals surface area contributed by atoms with Gasteiger partial charge in [-0.05, 0) is 61.2 Å². The Hall–Kier alpha value is -2.85. The number of nitrogens with one attached hydrogen (secondary N) is 1. The van der Waals surface area contributed by atoms with Crippen LogP contribution in [0.15, 0.2) is 66.7 Å². The molecule has 156 valence electrons. The van der Waals surface area contributed by atoms with Crippen molar-refractivity contribution >= 4 is 16.7 Å². The van der Waals surface area contributed by atoms with E-state index in [1.165, 1.54) is 5.56 Å². The fourth-order valence-corrected chi connectivity index (χ4v) is 4.28. The van der Waals surface area contributed by atoms with Gasteiger partial charge >= 0.3 is 0 Å². The molecule has 30 heavy (non-hydrogen) atoms. The highest BCUT2D eigenvalue weighted by Crippen LogP contribution is 2.28. The zero-order valence-corrected chi connectivity index (χ0v) is 17.6. The second-order valence-electron chi connectivity index (χ2n) is 8.01. The first-order chi connectivity index (χ1) is 14.7. The standard InChI is InChI=1S/C26H30N2O2/c1-2-30-24-13-12-22-10-6-7-11-23(22)25(24)26(29)27-18-20-14-16-28(17-15-20)19-21-8-4-3-5-9-21/h3-13,20H,2,14-19H2,1H3,(H,27,29). The lowest BCUT2D eigenvalue weighted by atomic mass is 9.96. The Bertz CT molecular complexity index is 979. The van der Waals surface area contributed by atoms with Crippen molar-refractivity contribution in [1.29, 1.82) is 0 Å². The zero-order chi connectivity index (χ0) is 20.8. The molecule has 0 bridgehead atoms. The van der Waals surface area contributed by atoms with Gasteiger partial charge < -0.3 is 10.1 Å². The first-order valence-corrected chi connectivity index (χ1v) is 10.9. The lowest BCUT2D eigenvalue weighted by Crippen LogP contribution is -2.38. The van der Waals surface area contributed by atoms with Gasteiger partial charge in [0, 0.05) is 13.1 Å². The molecule has 3 aromatic rings. The third-order valence-electron chi connectivity index (χ3n) is 5.93. The van der Waals surface area contributed by atoms with Crippen LogP contribution in [0.2, 0.25) is 0 Å². The Morgan fingerprint density at radius 3 is 2.50 bits per heavy atom. The van der Waals surface area contributed by atoms with Crippen molar-refractivity contribution in [3.8, 4) is 5.75 Å². The molecule has 1 N–H and O–H groups in total. The zero-order valence-electron chi connectivity index (χ0n) is 17.6. The van der Waals surface area contributed by atoms with Crippen molar-refractivity contribution in [2.24, 2.45) is 5.92 Å². The second-order valence-corrected chi connectivity index (χ2v) is 8.01. The fourth-order valence-electron chi connectivity index (χ4n) is 4.28. The molecule has 3 aromatic carbocycles. The summed E-state index contributed by atoms with van der Waals surface area (Å²) in [5, 5.41) is 5.19. The average molecular weight is 403 g/mol. The van der Waals surface area contributed by atoms with Gasteiger partial charge in [0.2, 0.25) is 0 Å². The van der Waals surface area contributed by atoms with Gasteiger partial charge in [-0.3, -0.25) is 9.69 Å². The average Bonchev–Trinajstić information content (AvgIpc) is 2.79. The molecule has 1 aliphatic rings. The summed E-state index contributed by atoms with van der Waals surface area (Å²) >= 11 is 0. The summed E-state index contributed by atoms with van der Waals surface area (Å²) in [6.45, 7) is 6.36. The van der Waals surface area contributed by atoms with Crippen LogP contribution in [-0.2, 0) is 6.54 Å². The molecule has 1 amide bonds. The molecule has 0 saturated carbocycles. The molecule has 0 unspecified atom stereocenters. The molecule has 1 saturated heterocycles. The minimum atomic E-state index is -0.0398. The smallest absolute Gasteiger partial charge is 0.255 e. The second kappa shape index (κ2) is 9.77. The highest BCUT2D eigenvalue weighted by Gasteiger charge is 2.22. The van der Waals surface area contributed by atoms with Gasteiger partial charge in [0.05, 0.1) is 12.2 Å². The van der Waals surface area contributed by atoms with Crippen molar-refractivity contribution < 1.29 is 9.53 Å². The third kappa shape index (κ3) is 4.82. The minimum absolute atomic E-state index is 0.0398. The van der Waals surface area contributed by atoms with Gasteiger partial charge in [-0.15, -0.1) is 0 Å². The van der Waals surface area contributed by atoms with Crippen molar-refractivity contribution in [3.63, 3.8) is 0 Å².